The molecule has 10 heteroatoms. The van der Waals surface area contributed by atoms with Crippen molar-refractivity contribution in [2.75, 3.05) is 0 Å². The van der Waals surface area contributed by atoms with Crippen molar-refractivity contribution in [2.24, 2.45) is 11.1 Å². The Morgan fingerprint density at radius 2 is 1.85 bits per heavy atom. The van der Waals surface area contributed by atoms with E-state index < -0.39 is 11.7 Å². The minimum atomic E-state index is -4.35. The summed E-state index contributed by atoms with van der Waals surface area (Å²) in [5.41, 5.74) is 1.25. The lowest BCUT2D eigenvalue weighted by Crippen LogP contribution is -2.26. The molecule has 2 aromatic heterocycles. The number of hydrogen-bond acceptors (Lipinski definition) is 5. The Morgan fingerprint density at radius 3 is 2.47 bits per heavy atom. The van der Waals surface area contributed by atoms with Gasteiger partial charge in [-0.25, -0.2) is 10.2 Å². The Labute approximate surface area is 195 Å². The molecule has 34 heavy (non-hydrogen) atoms. The van der Waals surface area contributed by atoms with E-state index in [1.54, 1.807) is 19.2 Å². The Balaban J connectivity index is 1.23. The molecule has 0 saturated heterocycles. The lowest BCUT2D eigenvalue weighted by molar-refractivity contribution is -0.137. The molecule has 1 aromatic carbocycles. The van der Waals surface area contributed by atoms with E-state index in [0.717, 1.165) is 30.1 Å². The van der Waals surface area contributed by atoms with Crippen LogP contribution in [0.1, 0.15) is 61.5 Å². The fourth-order valence-electron chi connectivity index (χ4n) is 3.94. The van der Waals surface area contributed by atoms with E-state index in [4.69, 9.17) is 9.57 Å². The predicted octanol–water partition coefficient (Wildman–Crippen LogP) is 5.73. The number of benzene rings is 1. The smallest absolute Gasteiger partial charge is 0.416 e. The molecule has 1 fully saturated rings. The van der Waals surface area contributed by atoms with Crippen molar-refractivity contribution < 1.29 is 22.7 Å². The number of hydrogen-bond donors (Lipinski definition) is 1. The molecule has 2 heterocycles. The summed E-state index contributed by atoms with van der Waals surface area (Å²) in [7, 11) is 0. The minimum Gasteiger partial charge on any atom is -0.469 e. The van der Waals surface area contributed by atoms with Crippen LogP contribution in [0, 0.1) is 5.92 Å². The highest BCUT2D eigenvalue weighted by atomic mass is 19.4. The molecular formula is C24H28F3N5O2. The van der Waals surface area contributed by atoms with E-state index in [1.165, 1.54) is 44.2 Å². The zero-order valence-electron chi connectivity index (χ0n) is 19.0. The second kappa shape index (κ2) is 10.8. The summed E-state index contributed by atoms with van der Waals surface area (Å²) in [4.78, 5) is 9.60. The number of ether oxygens (including phenoxy) is 1. The van der Waals surface area contributed by atoms with Gasteiger partial charge >= 0.3 is 6.18 Å². The van der Waals surface area contributed by atoms with Crippen molar-refractivity contribution in [3.63, 3.8) is 0 Å². The highest BCUT2D eigenvalue weighted by Crippen LogP contribution is 2.29. The molecule has 1 saturated carbocycles. The summed E-state index contributed by atoms with van der Waals surface area (Å²) in [5.74, 6) is 2.05. The van der Waals surface area contributed by atoms with Gasteiger partial charge in [-0.1, -0.05) is 36.6 Å². The van der Waals surface area contributed by atoms with Crippen LogP contribution in [-0.4, -0.2) is 25.7 Å². The quantitative estimate of drug-likeness (QED) is 0.317. The summed E-state index contributed by atoms with van der Waals surface area (Å²) in [5, 5.41) is 11.2. The third-order valence-corrected chi connectivity index (χ3v) is 5.99. The number of aromatic nitrogens is 4. The molecule has 0 spiro atoms. The van der Waals surface area contributed by atoms with Crippen molar-refractivity contribution in [3.8, 4) is 5.88 Å². The number of halogens is 3. The van der Waals surface area contributed by atoms with Gasteiger partial charge in [-0.05, 0) is 49.4 Å². The van der Waals surface area contributed by atoms with Crippen LogP contribution < -0.4 is 4.74 Å². The second-order valence-corrected chi connectivity index (χ2v) is 8.56. The van der Waals surface area contributed by atoms with E-state index in [1.807, 2.05) is 6.07 Å². The monoisotopic (exact) mass is 475 g/mol. The number of oxime groups is 1. The first-order chi connectivity index (χ1) is 16.4. The Hall–Kier alpha value is -3.30. The predicted molar refractivity (Wildman–Crippen MR) is 120 cm³/mol. The molecule has 7 nitrogen and oxygen atoms in total. The molecule has 182 valence electrons. The number of alkyl halides is 3. The van der Waals surface area contributed by atoms with Gasteiger partial charge in [-0.15, -0.1) is 5.10 Å². The van der Waals surface area contributed by atoms with Crippen molar-refractivity contribution in [1.82, 2.24) is 20.0 Å². The number of H-pyrrole nitrogens is 1. The number of nitrogens with zero attached hydrogens (tertiary/aromatic N) is 4. The largest absolute Gasteiger partial charge is 0.469 e. The lowest BCUT2D eigenvalue weighted by atomic mass is 9.89. The summed E-state index contributed by atoms with van der Waals surface area (Å²) in [6.07, 6.45) is 3.77. The van der Waals surface area contributed by atoms with Gasteiger partial charge in [0.1, 0.15) is 6.61 Å². The molecule has 0 aliphatic heterocycles. The normalized spacial score (nSPS) is 15.5. The van der Waals surface area contributed by atoms with E-state index in [9.17, 15) is 13.2 Å². The SMILES string of the molecule is C/C(=N\OCc1ccc(C(F)(F)F)cc1)c1ccc(OCc2n[nH]n2CC2CCCCC2)nc1. The van der Waals surface area contributed by atoms with Crippen LogP contribution in [0.5, 0.6) is 5.88 Å². The van der Waals surface area contributed by atoms with Gasteiger partial charge in [0.2, 0.25) is 5.88 Å². The molecule has 0 radical (unpaired) electrons. The van der Waals surface area contributed by atoms with Crippen LogP contribution in [0.25, 0.3) is 0 Å². The molecule has 4 rings (SSSR count). The lowest BCUT2D eigenvalue weighted by Gasteiger charge is -2.25. The van der Waals surface area contributed by atoms with Crippen LogP contribution in [0.2, 0.25) is 0 Å². The van der Waals surface area contributed by atoms with E-state index in [0.29, 0.717) is 29.7 Å². The highest BCUT2D eigenvalue weighted by Gasteiger charge is 2.29. The first-order valence-electron chi connectivity index (χ1n) is 11.4. The number of nitrogens with one attached hydrogen (secondary N) is 1. The Morgan fingerprint density at radius 1 is 1.09 bits per heavy atom. The average molecular weight is 476 g/mol. The van der Waals surface area contributed by atoms with Crippen LogP contribution >= 0.6 is 0 Å². The third kappa shape index (κ3) is 6.39. The summed E-state index contributed by atoms with van der Waals surface area (Å²) in [6.45, 7) is 3.13. The third-order valence-electron chi connectivity index (χ3n) is 5.99. The Bertz CT molecular complexity index is 1070. The van der Waals surface area contributed by atoms with Crippen LogP contribution in [0.15, 0.2) is 47.8 Å². The fraction of sp³-hybridized carbons (Fsp3) is 0.458. The molecule has 0 bridgehead atoms. The summed E-state index contributed by atoms with van der Waals surface area (Å²) >= 11 is 0. The molecule has 3 aromatic rings. The molecule has 0 unspecified atom stereocenters. The first-order valence-corrected chi connectivity index (χ1v) is 11.4. The van der Waals surface area contributed by atoms with Crippen LogP contribution in [0.4, 0.5) is 13.2 Å². The average Bonchev–Trinajstić information content (AvgIpc) is 2.83. The van der Waals surface area contributed by atoms with Crippen molar-refractivity contribution >= 4 is 5.71 Å². The van der Waals surface area contributed by atoms with Crippen molar-refractivity contribution in [3.05, 3.63) is 65.1 Å². The molecule has 1 aliphatic rings. The van der Waals surface area contributed by atoms with E-state index >= 15 is 0 Å². The molecule has 0 amide bonds. The molecule has 0 atom stereocenters. The van der Waals surface area contributed by atoms with Gasteiger partial charge in [0.15, 0.2) is 12.4 Å². The molecular weight excluding hydrogens is 447 g/mol. The summed E-state index contributed by atoms with van der Waals surface area (Å²) < 4.78 is 45.7. The van der Waals surface area contributed by atoms with Gasteiger partial charge < -0.3 is 9.57 Å². The molecule has 1 N–H and O–H groups in total. The number of pyridine rings is 1. The van der Waals surface area contributed by atoms with Gasteiger partial charge in [0.05, 0.1) is 11.3 Å². The summed E-state index contributed by atoms with van der Waals surface area (Å²) in [6, 6.07) is 8.38. The van der Waals surface area contributed by atoms with Crippen molar-refractivity contribution in [1.29, 1.82) is 0 Å². The zero-order valence-corrected chi connectivity index (χ0v) is 19.0. The second-order valence-electron chi connectivity index (χ2n) is 8.56. The first kappa shape index (κ1) is 23.8. The van der Waals surface area contributed by atoms with Crippen molar-refractivity contribution in [2.45, 2.75) is 65.0 Å². The Kier molecular flexibility index (Phi) is 7.54. The maximum atomic E-state index is 12.6. The topological polar surface area (TPSA) is 77.3 Å². The van der Waals surface area contributed by atoms with Crippen LogP contribution in [0.3, 0.4) is 0 Å². The highest BCUT2D eigenvalue weighted by molar-refractivity contribution is 5.98. The maximum Gasteiger partial charge on any atom is 0.416 e. The number of aromatic amines is 1. The van der Waals surface area contributed by atoms with E-state index in [2.05, 4.69) is 25.1 Å². The number of rotatable bonds is 9. The van der Waals surface area contributed by atoms with Gasteiger partial charge in [-0.3, -0.25) is 4.68 Å². The zero-order chi connectivity index (χ0) is 24.0. The van der Waals surface area contributed by atoms with E-state index in [-0.39, 0.29) is 6.61 Å². The standard InChI is InChI=1S/C24H28F3N5O2/c1-17(30-34-15-19-7-10-21(11-8-19)24(25,26)27)20-9-12-23(28-13-20)33-16-22-29-31-32(22)14-18-5-3-2-4-6-18/h7-13,18,31H,2-6,14-16H2,1H3/b30-17+. The van der Waals surface area contributed by atoms with Gasteiger partial charge in [0.25, 0.3) is 0 Å². The molecule has 1 aliphatic carbocycles. The fourth-order valence-corrected chi connectivity index (χ4v) is 3.94. The van der Waals surface area contributed by atoms with Gasteiger partial charge in [0, 0.05) is 24.4 Å². The van der Waals surface area contributed by atoms with Crippen LogP contribution in [-0.2, 0) is 30.8 Å². The van der Waals surface area contributed by atoms with Gasteiger partial charge in [-0.2, -0.15) is 13.2 Å². The maximum absolute atomic E-state index is 12.6. The minimum absolute atomic E-state index is 0.0671.